The van der Waals surface area contributed by atoms with Crippen LogP contribution in [0.5, 0.6) is 0 Å². The lowest BCUT2D eigenvalue weighted by Crippen LogP contribution is -2.53. The van der Waals surface area contributed by atoms with Crippen molar-refractivity contribution in [1.29, 1.82) is 0 Å². The summed E-state index contributed by atoms with van der Waals surface area (Å²) in [6.45, 7) is 4.64. The minimum atomic E-state index is 0.130. The van der Waals surface area contributed by atoms with E-state index in [0.717, 1.165) is 51.1 Å². The van der Waals surface area contributed by atoms with Gasteiger partial charge in [-0.25, -0.2) is 0 Å². The van der Waals surface area contributed by atoms with Crippen LogP contribution in [0.4, 0.5) is 0 Å². The van der Waals surface area contributed by atoms with Gasteiger partial charge in [-0.05, 0) is 47.2 Å². The zero-order valence-electron chi connectivity index (χ0n) is 17.9. The molecular weight excluding hydrogens is 382 g/mol. The Labute approximate surface area is 184 Å². The first-order chi connectivity index (χ1) is 15.2. The molecule has 31 heavy (non-hydrogen) atoms. The van der Waals surface area contributed by atoms with Crippen LogP contribution in [0.2, 0.25) is 0 Å². The highest BCUT2D eigenvalue weighted by Crippen LogP contribution is 2.42. The minimum absolute atomic E-state index is 0.130. The number of carbonyl (C=O) groups is 1. The second kappa shape index (κ2) is 8.64. The van der Waals surface area contributed by atoms with E-state index in [2.05, 4.69) is 51.2 Å². The Morgan fingerprint density at radius 1 is 0.871 bits per heavy atom. The molecule has 158 valence electrons. The lowest BCUT2D eigenvalue weighted by atomic mass is 9.68. The smallest absolute Gasteiger partial charge is 0.226 e. The van der Waals surface area contributed by atoms with E-state index in [1.807, 2.05) is 42.7 Å². The molecule has 1 spiro atoms. The standard InChI is InChI=1S/C27H29N3O/c31-26(18-22-6-2-1-3-7-22)30-16-12-27(13-17-30)21-29(19-23-10-14-28-15-11-23)20-24-8-4-5-9-25(24)27/h1-11,14-15H,12-13,16-21H2. The van der Waals surface area contributed by atoms with Gasteiger partial charge in [0.05, 0.1) is 6.42 Å². The number of hydrogen-bond acceptors (Lipinski definition) is 3. The molecule has 1 fully saturated rings. The number of likely N-dealkylation sites (tertiary alicyclic amines) is 1. The largest absolute Gasteiger partial charge is 0.342 e. The summed E-state index contributed by atoms with van der Waals surface area (Å²) in [6.07, 6.45) is 6.30. The van der Waals surface area contributed by atoms with Crippen LogP contribution in [-0.4, -0.2) is 40.3 Å². The zero-order valence-corrected chi connectivity index (χ0v) is 17.9. The van der Waals surface area contributed by atoms with Crippen molar-refractivity contribution < 1.29 is 4.79 Å². The first-order valence-corrected chi connectivity index (χ1v) is 11.2. The van der Waals surface area contributed by atoms with Crippen LogP contribution >= 0.6 is 0 Å². The molecule has 0 aliphatic carbocycles. The fraction of sp³-hybridized carbons (Fsp3) is 0.333. The third-order valence-electron chi connectivity index (χ3n) is 6.94. The number of aromatic nitrogens is 1. The molecule has 3 heterocycles. The van der Waals surface area contributed by atoms with Gasteiger partial charge >= 0.3 is 0 Å². The summed E-state index contributed by atoms with van der Waals surface area (Å²) in [6, 6.07) is 23.2. The fourth-order valence-corrected chi connectivity index (χ4v) is 5.34. The van der Waals surface area contributed by atoms with E-state index >= 15 is 0 Å². The number of carbonyl (C=O) groups excluding carboxylic acids is 1. The Kier molecular flexibility index (Phi) is 5.56. The molecule has 3 aromatic rings. The van der Waals surface area contributed by atoms with Crippen LogP contribution in [0, 0.1) is 0 Å². The minimum Gasteiger partial charge on any atom is -0.342 e. The predicted octanol–water partition coefficient (Wildman–Crippen LogP) is 4.20. The van der Waals surface area contributed by atoms with E-state index < -0.39 is 0 Å². The average molecular weight is 412 g/mol. The number of fused-ring (bicyclic) bond motifs is 2. The molecule has 4 heteroatoms. The van der Waals surface area contributed by atoms with Crippen LogP contribution in [0.15, 0.2) is 79.1 Å². The SMILES string of the molecule is O=C(Cc1ccccc1)N1CCC2(CC1)CN(Cc1ccncc1)Cc1ccccc12. The molecule has 1 amide bonds. The van der Waals surface area contributed by atoms with Gasteiger partial charge in [-0.1, -0.05) is 54.6 Å². The lowest BCUT2D eigenvalue weighted by molar-refractivity contribution is -0.132. The number of rotatable bonds is 4. The third kappa shape index (κ3) is 4.26. The Hall–Kier alpha value is -2.98. The number of pyridine rings is 1. The quantitative estimate of drug-likeness (QED) is 0.646. The van der Waals surface area contributed by atoms with Gasteiger partial charge in [0, 0.05) is 50.5 Å². The van der Waals surface area contributed by atoms with Crippen molar-refractivity contribution in [1.82, 2.24) is 14.8 Å². The highest BCUT2D eigenvalue weighted by Gasteiger charge is 2.42. The summed E-state index contributed by atoms with van der Waals surface area (Å²) in [5.41, 5.74) is 5.47. The molecule has 2 aromatic carbocycles. The van der Waals surface area contributed by atoms with Crippen LogP contribution in [-0.2, 0) is 29.7 Å². The maximum atomic E-state index is 12.9. The number of piperidine rings is 1. The van der Waals surface area contributed by atoms with Gasteiger partial charge in [0.1, 0.15) is 0 Å². The Balaban J connectivity index is 1.32. The van der Waals surface area contributed by atoms with Crippen molar-refractivity contribution in [3.05, 3.63) is 101 Å². The average Bonchev–Trinajstić information content (AvgIpc) is 2.81. The molecule has 0 unspecified atom stereocenters. The molecule has 0 atom stereocenters. The van der Waals surface area contributed by atoms with E-state index in [1.54, 1.807) is 0 Å². The monoisotopic (exact) mass is 411 g/mol. The molecule has 0 bridgehead atoms. The first-order valence-electron chi connectivity index (χ1n) is 11.2. The highest BCUT2D eigenvalue weighted by atomic mass is 16.2. The molecule has 0 radical (unpaired) electrons. The summed E-state index contributed by atoms with van der Waals surface area (Å²) in [5.74, 6) is 0.249. The molecule has 2 aliphatic rings. The topological polar surface area (TPSA) is 36.4 Å². The van der Waals surface area contributed by atoms with Crippen molar-refractivity contribution in [2.45, 2.75) is 37.8 Å². The molecule has 1 aromatic heterocycles. The zero-order chi connectivity index (χ0) is 21.1. The van der Waals surface area contributed by atoms with Gasteiger partial charge in [0.2, 0.25) is 5.91 Å². The highest BCUT2D eigenvalue weighted by molar-refractivity contribution is 5.79. The number of nitrogens with zero attached hydrogens (tertiary/aromatic N) is 3. The summed E-state index contributed by atoms with van der Waals surface area (Å²) >= 11 is 0. The van der Waals surface area contributed by atoms with Crippen LogP contribution in [0.1, 0.15) is 35.1 Å². The van der Waals surface area contributed by atoms with Gasteiger partial charge in [0.15, 0.2) is 0 Å². The molecule has 0 saturated carbocycles. The molecule has 0 N–H and O–H groups in total. The van der Waals surface area contributed by atoms with Crippen molar-refractivity contribution in [2.75, 3.05) is 19.6 Å². The van der Waals surface area contributed by atoms with Crippen LogP contribution < -0.4 is 0 Å². The van der Waals surface area contributed by atoms with Gasteiger partial charge in [-0.15, -0.1) is 0 Å². The van der Waals surface area contributed by atoms with Gasteiger partial charge in [-0.2, -0.15) is 0 Å². The number of benzene rings is 2. The summed E-state index contributed by atoms with van der Waals surface area (Å²) < 4.78 is 0. The molecular formula is C27H29N3O. The van der Waals surface area contributed by atoms with Crippen LogP contribution in [0.3, 0.4) is 0 Å². The lowest BCUT2D eigenvalue weighted by Gasteiger charge is -2.49. The normalized spacial score (nSPS) is 18.0. The second-order valence-corrected chi connectivity index (χ2v) is 8.98. The first kappa shape index (κ1) is 20.0. The maximum absolute atomic E-state index is 12.9. The van der Waals surface area contributed by atoms with Crippen LogP contribution in [0.25, 0.3) is 0 Å². The Morgan fingerprint density at radius 2 is 1.58 bits per heavy atom. The second-order valence-electron chi connectivity index (χ2n) is 8.98. The maximum Gasteiger partial charge on any atom is 0.226 e. The summed E-state index contributed by atoms with van der Waals surface area (Å²) in [4.78, 5) is 21.7. The van der Waals surface area contributed by atoms with E-state index in [-0.39, 0.29) is 11.3 Å². The van der Waals surface area contributed by atoms with E-state index in [9.17, 15) is 4.79 Å². The van der Waals surface area contributed by atoms with E-state index in [0.29, 0.717) is 6.42 Å². The Morgan fingerprint density at radius 3 is 2.35 bits per heavy atom. The molecule has 5 rings (SSSR count). The van der Waals surface area contributed by atoms with E-state index in [4.69, 9.17) is 0 Å². The van der Waals surface area contributed by atoms with Crippen molar-refractivity contribution >= 4 is 5.91 Å². The van der Waals surface area contributed by atoms with Crippen molar-refractivity contribution in [3.63, 3.8) is 0 Å². The fourth-order valence-electron chi connectivity index (χ4n) is 5.34. The van der Waals surface area contributed by atoms with Crippen molar-refractivity contribution in [2.24, 2.45) is 0 Å². The molecule has 1 saturated heterocycles. The van der Waals surface area contributed by atoms with Gasteiger partial charge < -0.3 is 4.90 Å². The van der Waals surface area contributed by atoms with Gasteiger partial charge in [-0.3, -0.25) is 14.7 Å². The summed E-state index contributed by atoms with van der Waals surface area (Å²) in [7, 11) is 0. The summed E-state index contributed by atoms with van der Waals surface area (Å²) in [5, 5.41) is 0. The Bertz CT molecular complexity index is 1030. The predicted molar refractivity (Wildman–Crippen MR) is 122 cm³/mol. The molecule has 4 nitrogen and oxygen atoms in total. The van der Waals surface area contributed by atoms with Gasteiger partial charge in [0.25, 0.3) is 0 Å². The van der Waals surface area contributed by atoms with Crippen molar-refractivity contribution in [3.8, 4) is 0 Å². The number of amides is 1. The van der Waals surface area contributed by atoms with E-state index in [1.165, 1.54) is 16.7 Å². The number of hydrogen-bond donors (Lipinski definition) is 0. The molecule has 2 aliphatic heterocycles. The third-order valence-corrected chi connectivity index (χ3v) is 6.94.